The van der Waals surface area contributed by atoms with E-state index in [1.165, 1.54) is 10.7 Å². The van der Waals surface area contributed by atoms with E-state index in [1.807, 2.05) is 13.8 Å². The van der Waals surface area contributed by atoms with E-state index in [9.17, 15) is 23.5 Å². The number of amides is 1. The molecule has 2 heterocycles. The summed E-state index contributed by atoms with van der Waals surface area (Å²) in [5, 5.41) is 20.8. The second kappa shape index (κ2) is 10.1. The van der Waals surface area contributed by atoms with Gasteiger partial charge in [-0.3, -0.25) is 14.3 Å². The Hall–Kier alpha value is -3.60. The van der Waals surface area contributed by atoms with Gasteiger partial charge in [-0.25, -0.2) is 13.5 Å². The summed E-state index contributed by atoms with van der Waals surface area (Å²) < 4.78 is 35.4. The summed E-state index contributed by atoms with van der Waals surface area (Å²) in [6.07, 6.45) is 3.03. The van der Waals surface area contributed by atoms with Crippen molar-refractivity contribution in [1.82, 2.24) is 19.6 Å². The molecular weight excluding hydrogens is 448 g/mol. The lowest BCUT2D eigenvalue weighted by atomic mass is 10.0. The molecule has 11 heteroatoms. The number of nitrogens with zero attached hydrogens (tertiary/aromatic N) is 4. The van der Waals surface area contributed by atoms with Crippen molar-refractivity contribution in [1.29, 1.82) is 0 Å². The summed E-state index contributed by atoms with van der Waals surface area (Å²) in [6.45, 7) is 7.28. The molecule has 34 heavy (non-hydrogen) atoms. The lowest BCUT2D eigenvalue weighted by Crippen LogP contribution is -2.35. The lowest BCUT2D eigenvalue weighted by molar-refractivity contribution is -0.120. The first kappa shape index (κ1) is 25.0. The number of aliphatic hydroxyl groups is 1. The molecule has 1 aromatic carbocycles. The molecular formula is C23H27F2N5O4. The number of para-hydroxylation sites is 1. The van der Waals surface area contributed by atoms with Crippen molar-refractivity contribution in [2.24, 2.45) is 5.92 Å². The average Bonchev–Trinajstić information content (AvgIpc) is 3.14. The molecule has 182 valence electrons. The monoisotopic (exact) mass is 475 g/mol. The Kier molecular flexibility index (Phi) is 7.45. The number of carbonyl (C=O) groups is 1. The second-order valence-electron chi connectivity index (χ2n) is 8.97. The maximum absolute atomic E-state index is 13.8. The number of hydrogen-bond acceptors (Lipinski definition) is 6. The molecule has 1 atom stereocenters. The third-order valence-corrected chi connectivity index (χ3v) is 4.67. The number of benzene rings is 1. The Labute approximate surface area is 195 Å². The fraction of sp³-hybridized carbons (Fsp3) is 0.391. The van der Waals surface area contributed by atoms with Gasteiger partial charge in [-0.1, -0.05) is 19.9 Å². The Morgan fingerprint density at radius 3 is 2.50 bits per heavy atom. The second-order valence-corrected chi connectivity index (χ2v) is 8.97. The average molecular weight is 475 g/mol. The molecule has 0 aliphatic rings. The van der Waals surface area contributed by atoms with Crippen LogP contribution in [0.1, 0.15) is 40.2 Å². The number of hydrogen-bond donors (Lipinski definition) is 2. The normalized spacial score (nSPS) is 12.6. The summed E-state index contributed by atoms with van der Waals surface area (Å²) in [5.74, 6) is -2.88. The number of carbonyl (C=O) groups excluding carboxylic acids is 1. The van der Waals surface area contributed by atoms with Gasteiger partial charge >= 0.3 is 0 Å². The maximum Gasteiger partial charge on any atom is 0.271 e. The van der Waals surface area contributed by atoms with E-state index in [4.69, 9.17) is 4.74 Å². The third-order valence-electron chi connectivity index (χ3n) is 4.67. The van der Waals surface area contributed by atoms with E-state index >= 15 is 0 Å². The largest absolute Gasteiger partial charge is 0.449 e. The summed E-state index contributed by atoms with van der Waals surface area (Å²) in [5.41, 5.74) is -1.66. The highest BCUT2D eigenvalue weighted by molar-refractivity contribution is 5.92. The van der Waals surface area contributed by atoms with Crippen LogP contribution in [-0.2, 0) is 11.3 Å². The predicted molar refractivity (Wildman–Crippen MR) is 121 cm³/mol. The minimum Gasteiger partial charge on any atom is -0.449 e. The zero-order valence-corrected chi connectivity index (χ0v) is 19.3. The van der Waals surface area contributed by atoms with Crippen molar-refractivity contribution < 1.29 is 23.4 Å². The smallest absolute Gasteiger partial charge is 0.271 e. The highest BCUT2D eigenvalue weighted by Crippen LogP contribution is 2.26. The van der Waals surface area contributed by atoms with Crippen LogP contribution in [0, 0.1) is 17.6 Å². The molecule has 0 bridgehead atoms. The molecule has 0 spiro atoms. The van der Waals surface area contributed by atoms with Crippen LogP contribution in [0.5, 0.6) is 11.5 Å². The van der Waals surface area contributed by atoms with Gasteiger partial charge in [-0.2, -0.15) is 10.2 Å². The van der Waals surface area contributed by atoms with Crippen molar-refractivity contribution in [2.45, 2.75) is 52.3 Å². The Balaban J connectivity index is 1.82. The fourth-order valence-corrected chi connectivity index (χ4v) is 3.28. The van der Waals surface area contributed by atoms with E-state index in [0.29, 0.717) is 6.42 Å². The number of halogens is 2. The highest BCUT2D eigenvalue weighted by atomic mass is 19.1. The van der Waals surface area contributed by atoms with Gasteiger partial charge in [0.1, 0.15) is 6.04 Å². The van der Waals surface area contributed by atoms with Gasteiger partial charge in [0.25, 0.3) is 11.5 Å². The Bertz CT molecular complexity index is 1200. The molecule has 0 unspecified atom stereocenters. The summed E-state index contributed by atoms with van der Waals surface area (Å²) in [7, 11) is 0. The number of anilines is 1. The SMILES string of the molecule is CC(C)C[C@H](C(=O)Nc1ccn(CC(C)(C)O)n1)n1ncc(Oc2c(F)cccc2F)cc1=O. The molecule has 0 saturated carbocycles. The topological polar surface area (TPSA) is 111 Å². The molecule has 0 aliphatic carbocycles. The summed E-state index contributed by atoms with van der Waals surface area (Å²) in [6, 6.07) is 4.87. The van der Waals surface area contributed by atoms with Crippen LogP contribution >= 0.6 is 0 Å². The van der Waals surface area contributed by atoms with Crippen LogP contribution in [-0.4, -0.2) is 36.2 Å². The van der Waals surface area contributed by atoms with E-state index in [1.54, 1.807) is 26.1 Å². The zero-order valence-electron chi connectivity index (χ0n) is 19.3. The predicted octanol–water partition coefficient (Wildman–Crippen LogP) is 3.51. The minimum absolute atomic E-state index is 0.0423. The molecule has 9 nitrogen and oxygen atoms in total. The van der Waals surface area contributed by atoms with Gasteiger partial charge in [-0.05, 0) is 38.3 Å². The van der Waals surface area contributed by atoms with Gasteiger partial charge in [0.05, 0.1) is 18.3 Å². The van der Waals surface area contributed by atoms with Crippen LogP contribution in [0.3, 0.4) is 0 Å². The van der Waals surface area contributed by atoms with Crippen molar-refractivity contribution in [3.63, 3.8) is 0 Å². The first-order valence-electron chi connectivity index (χ1n) is 10.7. The molecule has 0 radical (unpaired) electrons. The first-order valence-corrected chi connectivity index (χ1v) is 10.7. The van der Waals surface area contributed by atoms with Crippen molar-refractivity contribution in [2.75, 3.05) is 5.32 Å². The molecule has 0 aliphatic heterocycles. The molecule has 2 aromatic heterocycles. The van der Waals surface area contributed by atoms with Crippen LogP contribution in [0.2, 0.25) is 0 Å². The van der Waals surface area contributed by atoms with Crippen LogP contribution < -0.4 is 15.6 Å². The molecule has 0 fully saturated rings. The van der Waals surface area contributed by atoms with E-state index in [0.717, 1.165) is 29.1 Å². The molecule has 3 aromatic rings. The number of ether oxygens (including phenoxy) is 1. The standard InChI is InChI=1S/C23H27F2N5O4/c1-14(2)10-18(22(32)27-19-8-9-29(28-19)13-23(3,4)33)30-20(31)11-15(12-26-30)34-21-16(24)6-5-7-17(21)25/h5-9,11-12,14,18,33H,10,13H2,1-4H3,(H,27,28,32)/t18-/m1/s1. The van der Waals surface area contributed by atoms with Crippen molar-refractivity contribution in [3.05, 3.63) is 64.7 Å². The van der Waals surface area contributed by atoms with Gasteiger partial charge in [-0.15, -0.1) is 0 Å². The molecule has 1 amide bonds. The quantitative estimate of drug-likeness (QED) is 0.490. The van der Waals surface area contributed by atoms with Crippen LogP contribution in [0.4, 0.5) is 14.6 Å². The van der Waals surface area contributed by atoms with Gasteiger partial charge in [0.2, 0.25) is 0 Å². The van der Waals surface area contributed by atoms with E-state index in [-0.39, 0.29) is 24.0 Å². The van der Waals surface area contributed by atoms with Crippen LogP contribution in [0.25, 0.3) is 0 Å². The van der Waals surface area contributed by atoms with Crippen molar-refractivity contribution in [3.8, 4) is 11.5 Å². The minimum atomic E-state index is -0.986. The lowest BCUT2D eigenvalue weighted by Gasteiger charge is -2.20. The van der Waals surface area contributed by atoms with Gasteiger partial charge in [0.15, 0.2) is 29.0 Å². The van der Waals surface area contributed by atoms with E-state index in [2.05, 4.69) is 15.5 Å². The third kappa shape index (κ3) is 6.47. The van der Waals surface area contributed by atoms with Gasteiger partial charge in [0, 0.05) is 18.3 Å². The summed E-state index contributed by atoms with van der Waals surface area (Å²) in [4.78, 5) is 25.8. The Morgan fingerprint density at radius 1 is 1.24 bits per heavy atom. The van der Waals surface area contributed by atoms with Crippen LogP contribution in [0.15, 0.2) is 47.5 Å². The van der Waals surface area contributed by atoms with Crippen molar-refractivity contribution >= 4 is 11.7 Å². The molecule has 0 saturated heterocycles. The van der Waals surface area contributed by atoms with Gasteiger partial charge < -0.3 is 15.2 Å². The highest BCUT2D eigenvalue weighted by Gasteiger charge is 2.25. The number of aromatic nitrogens is 4. The maximum atomic E-state index is 13.8. The molecule has 2 N–H and O–H groups in total. The summed E-state index contributed by atoms with van der Waals surface area (Å²) >= 11 is 0. The van der Waals surface area contributed by atoms with E-state index < -0.39 is 40.5 Å². The molecule has 3 rings (SSSR count). The first-order chi connectivity index (χ1) is 15.9. The Morgan fingerprint density at radius 2 is 1.91 bits per heavy atom. The zero-order chi connectivity index (χ0) is 25.0. The fourth-order valence-electron chi connectivity index (χ4n) is 3.28. The number of nitrogens with one attached hydrogen (secondary N) is 1. The number of rotatable bonds is 9.